The third-order valence-corrected chi connectivity index (χ3v) is 5.45. The first-order valence-electron chi connectivity index (χ1n) is 8.47. The molecule has 1 aliphatic rings. The SMILES string of the molecule is CSCc1ccc(C(=O)N2CCN(c3cc(Cl)ccc3C)CC2)cc1. The number of piperazine rings is 1. The van der Waals surface area contributed by atoms with Gasteiger partial charge in [0.2, 0.25) is 0 Å². The summed E-state index contributed by atoms with van der Waals surface area (Å²) in [6, 6.07) is 14.0. The van der Waals surface area contributed by atoms with Crippen molar-refractivity contribution < 1.29 is 4.79 Å². The number of halogens is 1. The highest BCUT2D eigenvalue weighted by molar-refractivity contribution is 7.97. The van der Waals surface area contributed by atoms with E-state index in [0.29, 0.717) is 0 Å². The maximum atomic E-state index is 12.7. The average Bonchev–Trinajstić information content (AvgIpc) is 2.64. The molecule has 3 nitrogen and oxygen atoms in total. The van der Waals surface area contributed by atoms with E-state index < -0.39 is 0 Å². The number of nitrogens with zero attached hydrogens (tertiary/aromatic N) is 2. The quantitative estimate of drug-likeness (QED) is 0.788. The van der Waals surface area contributed by atoms with Crippen molar-refractivity contribution in [2.45, 2.75) is 12.7 Å². The number of carbonyl (C=O) groups is 1. The summed E-state index contributed by atoms with van der Waals surface area (Å²) in [5.41, 5.74) is 4.41. The Morgan fingerprint density at radius 1 is 1.08 bits per heavy atom. The highest BCUT2D eigenvalue weighted by atomic mass is 35.5. The number of benzene rings is 2. The van der Waals surface area contributed by atoms with Crippen molar-refractivity contribution in [3.63, 3.8) is 0 Å². The van der Waals surface area contributed by atoms with Crippen LogP contribution >= 0.6 is 23.4 Å². The Balaban J connectivity index is 1.63. The number of hydrogen-bond acceptors (Lipinski definition) is 3. The second-order valence-electron chi connectivity index (χ2n) is 6.34. The standard InChI is InChI=1S/C20H23ClN2OS/c1-15-3-8-18(21)13-19(15)22-9-11-23(12-10-22)20(24)17-6-4-16(5-7-17)14-25-2/h3-8,13H,9-12,14H2,1-2H3. The molecule has 0 aliphatic carbocycles. The lowest BCUT2D eigenvalue weighted by Crippen LogP contribution is -2.49. The molecule has 0 spiro atoms. The van der Waals surface area contributed by atoms with Gasteiger partial charge in [0, 0.05) is 48.2 Å². The summed E-state index contributed by atoms with van der Waals surface area (Å²) in [5.74, 6) is 1.10. The molecule has 132 valence electrons. The molecule has 0 bridgehead atoms. The fraction of sp³-hybridized carbons (Fsp3) is 0.350. The molecule has 0 unspecified atom stereocenters. The first kappa shape index (κ1) is 18.2. The minimum Gasteiger partial charge on any atom is -0.368 e. The average molecular weight is 375 g/mol. The van der Waals surface area contributed by atoms with Crippen LogP contribution in [-0.4, -0.2) is 43.2 Å². The van der Waals surface area contributed by atoms with Crippen molar-refractivity contribution in [2.24, 2.45) is 0 Å². The largest absolute Gasteiger partial charge is 0.368 e. The molecule has 0 aromatic heterocycles. The number of hydrogen-bond donors (Lipinski definition) is 0. The monoisotopic (exact) mass is 374 g/mol. The number of thioether (sulfide) groups is 1. The number of amides is 1. The maximum Gasteiger partial charge on any atom is 0.253 e. The van der Waals surface area contributed by atoms with Crippen molar-refractivity contribution >= 4 is 35.0 Å². The Morgan fingerprint density at radius 2 is 1.76 bits per heavy atom. The molecule has 1 fully saturated rings. The highest BCUT2D eigenvalue weighted by Crippen LogP contribution is 2.25. The molecule has 5 heteroatoms. The molecule has 25 heavy (non-hydrogen) atoms. The van der Waals surface area contributed by atoms with Crippen molar-refractivity contribution in [2.75, 3.05) is 37.3 Å². The predicted molar refractivity (Wildman–Crippen MR) is 108 cm³/mol. The lowest BCUT2D eigenvalue weighted by molar-refractivity contribution is 0.0747. The smallest absolute Gasteiger partial charge is 0.253 e. The van der Waals surface area contributed by atoms with E-state index in [0.717, 1.165) is 42.5 Å². The molecule has 1 heterocycles. The van der Waals surface area contributed by atoms with Gasteiger partial charge in [-0.15, -0.1) is 0 Å². The van der Waals surface area contributed by atoms with Gasteiger partial charge in [-0.1, -0.05) is 29.8 Å². The third-order valence-electron chi connectivity index (χ3n) is 4.59. The molecule has 3 rings (SSSR count). The molecular formula is C20H23ClN2OS. The number of carbonyl (C=O) groups excluding carboxylic acids is 1. The molecule has 1 amide bonds. The number of anilines is 1. The van der Waals surface area contributed by atoms with Gasteiger partial charge >= 0.3 is 0 Å². The van der Waals surface area contributed by atoms with Gasteiger partial charge in [-0.05, 0) is 48.6 Å². The van der Waals surface area contributed by atoms with Crippen molar-refractivity contribution in [3.8, 4) is 0 Å². The summed E-state index contributed by atoms with van der Waals surface area (Å²) in [4.78, 5) is 17.0. The van der Waals surface area contributed by atoms with Crippen LogP contribution in [0.3, 0.4) is 0 Å². The Labute approximate surface area is 159 Å². The second-order valence-corrected chi connectivity index (χ2v) is 7.64. The Bertz CT molecular complexity index is 740. The number of aryl methyl sites for hydroxylation is 1. The summed E-state index contributed by atoms with van der Waals surface area (Å²) >= 11 is 7.92. The Kier molecular flexibility index (Phi) is 5.92. The van der Waals surface area contributed by atoms with E-state index in [-0.39, 0.29) is 5.91 Å². The molecule has 0 N–H and O–H groups in total. The third kappa shape index (κ3) is 4.31. The van der Waals surface area contributed by atoms with Crippen LogP contribution in [0.25, 0.3) is 0 Å². The Morgan fingerprint density at radius 3 is 2.40 bits per heavy atom. The summed E-state index contributed by atoms with van der Waals surface area (Å²) in [5, 5.41) is 0.754. The normalized spacial score (nSPS) is 14.7. The maximum absolute atomic E-state index is 12.7. The molecule has 1 saturated heterocycles. The zero-order valence-electron chi connectivity index (χ0n) is 14.7. The van der Waals surface area contributed by atoms with Crippen LogP contribution < -0.4 is 4.90 Å². The summed E-state index contributed by atoms with van der Waals surface area (Å²) in [6.45, 7) is 5.23. The topological polar surface area (TPSA) is 23.6 Å². The van der Waals surface area contributed by atoms with Gasteiger partial charge in [0.05, 0.1) is 0 Å². The van der Waals surface area contributed by atoms with E-state index in [2.05, 4.69) is 30.2 Å². The van der Waals surface area contributed by atoms with E-state index in [1.165, 1.54) is 16.8 Å². The second kappa shape index (κ2) is 8.15. The lowest BCUT2D eigenvalue weighted by atomic mass is 10.1. The van der Waals surface area contributed by atoms with E-state index in [9.17, 15) is 4.79 Å². The minimum atomic E-state index is 0.123. The van der Waals surface area contributed by atoms with Crippen LogP contribution in [0.1, 0.15) is 21.5 Å². The number of rotatable bonds is 4. The van der Waals surface area contributed by atoms with Gasteiger partial charge in [0.15, 0.2) is 0 Å². The molecule has 0 atom stereocenters. The highest BCUT2D eigenvalue weighted by Gasteiger charge is 2.23. The van der Waals surface area contributed by atoms with Crippen LogP contribution in [0.2, 0.25) is 5.02 Å². The molecule has 2 aromatic rings. The van der Waals surface area contributed by atoms with Gasteiger partial charge in [-0.3, -0.25) is 4.79 Å². The van der Waals surface area contributed by atoms with Crippen molar-refractivity contribution in [1.82, 2.24) is 4.90 Å². The zero-order chi connectivity index (χ0) is 17.8. The first-order chi connectivity index (χ1) is 12.1. The summed E-state index contributed by atoms with van der Waals surface area (Å²) in [7, 11) is 0. The van der Waals surface area contributed by atoms with Crippen molar-refractivity contribution in [1.29, 1.82) is 0 Å². The van der Waals surface area contributed by atoms with Crippen LogP contribution in [0.15, 0.2) is 42.5 Å². The first-order valence-corrected chi connectivity index (χ1v) is 10.2. The summed E-state index contributed by atoms with van der Waals surface area (Å²) in [6.07, 6.45) is 2.08. The molecule has 0 saturated carbocycles. The van der Waals surface area contributed by atoms with Gasteiger partial charge in [0.25, 0.3) is 5.91 Å². The van der Waals surface area contributed by atoms with Crippen LogP contribution in [-0.2, 0) is 5.75 Å². The van der Waals surface area contributed by atoms with Gasteiger partial charge in [-0.25, -0.2) is 0 Å². The lowest BCUT2D eigenvalue weighted by Gasteiger charge is -2.37. The van der Waals surface area contributed by atoms with Gasteiger partial charge < -0.3 is 9.80 Å². The van der Waals surface area contributed by atoms with Crippen molar-refractivity contribution in [3.05, 3.63) is 64.2 Å². The van der Waals surface area contributed by atoms with Crippen LogP contribution in [0, 0.1) is 6.92 Å². The van der Waals surface area contributed by atoms with Gasteiger partial charge in [0.1, 0.15) is 0 Å². The van der Waals surface area contributed by atoms with Crippen LogP contribution in [0.4, 0.5) is 5.69 Å². The minimum absolute atomic E-state index is 0.123. The van der Waals surface area contributed by atoms with E-state index in [1.807, 2.05) is 35.2 Å². The molecule has 0 radical (unpaired) electrons. The van der Waals surface area contributed by atoms with Crippen LogP contribution in [0.5, 0.6) is 0 Å². The molecule has 2 aromatic carbocycles. The molecular weight excluding hydrogens is 352 g/mol. The fourth-order valence-corrected chi connectivity index (χ4v) is 3.86. The summed E-state index contributed by atoms with van der Waals surface area (Å²) < 4.78 is 0. The van der Waals surface area contributed by atoms with E-state index >= 15 is 0 Å². The fourth-order valence-electron chi connectivity index (χ4n) is 3.17. The molecule has 1 aliphatic heterocycles. The zero-order valence-corrected chi connectivity index (χ0v) is 16.2. The van der Waals surface area contributed by atoms with E-state index in [1.54, 1.807) is 11.8 Å². The van der Waals surface area contributed by atoms with Gasteiger partial charge in [-0.2, -0.15) is 11.8 Å². The Hall–Kier alpha value is -1.65. The predicted octanol–water partition coefficient (Wildman–Crippen LogP) is 4.47. The van der Waals surface area contributed by atoms with E-state index in [4.69, 9.17) is 11.6 Å².